The quantitative estimate of drug-likeness (QED) is 0.635. The van der Waals surface area contributed by atoms with Crippen LogP contribution in [0.25, 0.3) is 0 Å². The molecule has 2 heterocycles. The van der Waals surface area contributed by atoms with Crippen LogP contribution in [0.15, 0.2) is 36.9 Å². The molecule has 23 heavy (non-hydrogen) atoms. The molecule has 4 aliphatic rings. The molecule has 5 atom stereocenters. The van der Waals surface area contributed by atoms with Crippen LogP contribution < -0.4 is 0 Å². The van der Waals surface area contributed by atoms with Crippen molar-refractivity contribution in [1.29, 1.82) is 0 Å². The van der Waals surface area contributed by atoms with E-state index in [4.69, 9.17) is 4.74 Å². The van der Waals surface area contributed by atoms with Gasteiger partial charge in [-0.1, -0.05) is 30.3 Å². The Labute approximate surface area is 138 Å². The largest absolute Gasteiger partial charge is 0.466 e. The maximum atomic E-state index is 12.4. The summed E-state index contributed by atoms with van der Waals surface area (Å²) in [5.41, 5.74) is 2.92. The second-order valence-corrected chi connectivity index (χ2v) is 7.31. The average Bonchev–Trinajstić information content (AvgIpc) is 2.58. The Bertz CT molecular complexity index is 655. The van der Waals surface area contributed by atoms with Gasteiger partial charge >= 0.3 is 5.97 Å². The van der Waals surface area contributed by atoms with Gasteiger partial charge in [0.2, 0.25) is 0 Å². The van der Waals surface area contributed by atoms with E-state index in [-0.39, 0.29) is 23.3 Å². The third-order valence-electron chi connectivity index (χ3n) is 6.59. The van der Waals surface area contributed by atoms with Gasteiger partial charge in [0.25, 0.3) is 0 Å². The summed E-state index contributed by atoms with van der Waals surface area (Å²) < 4.78 is 5.35. The van der Waals surface area contributed by atoms with Crippen LogP contribution in [-0.4, -0.2) is 36.6 Å². The fourth-order valence-corrected chi connectivity index (χ4v) is 5.56. The SMILES string of the molecule is C=C[C@@]12CC3C(C(=O)OCC)CC1C(Cc1ccccc12)N3C. The van der Waals surface area contributed by atoms with Crippen LogP contribution in [0.3, 0.4) is 0 Å². The summed E-state index contributed by atoms with van der Waals surface area (Å²) in [5, 5.41) is 0. The van der Waals surface area contributed by atoms with E-state index in [1.807, 2.05) is 6.92 Å². The first-order valence-electron chi connectivity index (χ1n) is 8.73. The van der Waals surface area contributed by atoms with Crippen LogP contribution >= 0.6 is 0 Å². The molecule has 2 aliphatic heterocycles. The maximum Gasteiger partial charge on any atom is 0.310 e. The molecular weight excluding hydrogens is 286 g/mol. The molecule has 1 saturated carbocycles. The third-order valence-corrected chi connectivity index (χ3v) is 6.59. The predicted octanol–water partition coefficient (Wildman–Crippen LogP) is 2.94. The number of carbonyl (C=O) groups is 1. The second-order valence-electron chi connectivity index (χ2n) is 7.31. The number of hydrogen-bond acceptors (Lipinski definition) is 3. The minimum absolute atomic E-state index is 0.0135. The Kier molecular flexibility index (Phi) is 3.38. The average molecular weight is 311 g/mol. The zero-order valence-corrected chi connectivity index (χ0v) is 14.0. The molecule has 122 valence electrons. The van der Waals surface area contributed by atoms with Gasteiger partial charge in [-0.05, 0) is 50.3 Å². The normalized spacial score (nSPS) is 38.0. The number of benzene rings is 1. The zero-order valence-electron chi connectivity index (χ0n) is 14.0. The lowest BCUT2D eigenvalue weighted by Crippen LogP contribution is -2.69. The summed E-state index contributed by atoms with van der Waals surface area (Å²) in [6.45, 7) is 6.57. The van der Waals surface area contributed by atoms with E-state index >= 15 is 0 Å². The number of hydrogen-bond donors (Lipinski definition) is 0. The second kappa shape index (κ2) is 5.20. The fourth-order valence-electron chi connectivity index (χ4n) is 5.56. The van der Waals surface area contributed by atoms with E-state index < -0.39 is 0 Å². The molecule has 4 unspecified atom stereocenters. The number of fused-ring (bicyclic) bond motifs is 2. The molecular formula is C20H25NO2. The monoisotopic (exact) mass is 311 g/mol. The smallest absolute Gasteiger partial charge is 0.310 e. The van der Waals surface area contributed by atoms with Crippen LogP contribution in [0.2, 0.25) is 0 Å². The minimum atomic E-state index is -0.0145. The van der Waals surface area contributed by atoms with Crippen molar-refractivity contribution in [2.45, 2.75) is 43.7 Å². The van der Waals surface area contributed by atoms with E-state index in [1.54, 1.807) is 0 Å². The Morgan fingerprint density at radius 1 is 1.43 bits per heavy atom. The summed E-state index contributed by atoms with van der Waals surface area (Å²) in [7, 11) is 2.19. The standard InChI is InChI=1S/C20H25NO2/c1-4-20-12-18-14(19(22)23-5-2)11-16(20)17(21(18)3)10-13-8-6-7-9-15(13)20/h4,6-9,14,16-18H,1,5,10-12H2,2-3H3/t14?,16?,17?,18?,20-/m0/s1. The van der Waals surface area contributed by atoms with E-state index in [9.17, 15) is 4.79 Å². The lowest BCUT2D eigenvalue weighted by atomic mass is 9.49. The Balaban J connectivity index is 1.78. The number of rotatable bonds is 3. The van der Waals surface area contributed by atoms with Gasteiger partial charge in [0, 0.05) is 17.5 Å². The van der Waals surface area contributed by atoms with Gasteiger partial charge in [0.05, 0.1) is 12.5 Å². The molecule has 0 radical (unpaired) electrons. The number of allylic oxidation sites excluding steroid dienone is 1. The van der Waals surface area contributed by atoms with Crippen molar-refractivity contribution in [1.82, 2.24) is 4.90 Å². The molecule has 0 N–H and O–H groups in total. The predicted molar refractivity (Wildman–Crippen MR) is 90.2 cm³/mol. The van der Waals surface area contributed by atoms with Crippen molar-refractivity contribution in [3.05, 3.63) is 48.0 Å². The van der Waals surface area contributed by atoms with Gasteiger partial charge in [-0.3, -0.25) is 9.69 Å². The van der Waals surface area contributed by atoms with Crippen molar-refractivity contribution < 1.29 is 9.53 Å². The maximum absolute atomic E-state index is 12.4. The highest BCUT2D eigenvalue weighted by atomic mass is 16.5. The zero-order chi connectivity index (χ0) is 16.2. The molecule has 3 heteroatoms. The summed E-state index contributed by atoms with van der Waals surface area (Å²) >= 11 is 0. The van der Waals surface area contributed by atoms with Crippen LogP contribution in [-0.2, 0) is 21.4 Å². The third kappa shape index (κ3) is 1.89. The first-order chi connectivity index (χ1) is 11.1. The molecule has 2 saturated heterocycles. The van der Waals surface area contributed by atoms with Crippen molar-refractivity contribution in [2.24, 2.45) is 11.8 Å². The number of esters is 1. The van der Waals surface area contributed by atoms with Crippen molar-refractivity contribution in [2.75, 3.05) is 13.7 Å². The van der Waals surface area contributed by atoms with E-state index in [2.05, 4.69) is 48.9 Å². The van der Waals surface area contributed by atoms with Crippen molar-refractivity contribution in [3.63, 3.8) is 0 Å². The Morgan fingerprint density at radius 2 is 2.22 bits per heavy atom. The number of piperidine rings is 2. The van der Waals surface area contributed by atoms with Crippen molar-refractivity contribution in [3.8, 4) is 0 Å². The lowest BCUT2D eigenvalue weighted by Gasteiger charge is -2.63. The van der Waals surface area contributed by atoms with Crippen LogP contribution in [0.5, 0.6) is 0 Å². The molecule has 1 aromatic carbocycles. The Morgan fingerprint density at radius 3 is 2.96 bits per heavy atom. The first-order valence-corrected chi connectivity index (χ1v) is 8.73. The van der Waals surface area contributed by atoms with Crippen LogP contribution in [0.4, 0.5) is 0 Å². The molecule has 5 rings (SSSR count). The Hall–Kier alpha value is -1.61. The summed E-state index contributed by atoms with van der Waals surface area (Å²) in [4.78, 5) is 14.9. The molecule has 3 nitrogen and oxygen atoms in total. The van der Waals surface area contributed by atoms with Crippen LogP contribution in [0.1, 0.15) is 30.9 Å². The summed E-state index contributed by atoms with van der Waals surface area (Å²) in [5.74, 6) is 0.457. The summed E-state index contributed by atoms with van der Waals surface area (Å²) in [6, 6.07) is 9.57. The highest BCUT2D eigenvalue weighted by Gasteiger charge is 2.61. The molecule has 0 spiro atoms. The van der Waals surface area contributed by atoms with Gasteiger partial charge in [-0.15, -0.1) is 6.58 Å². The highest BCUT2D eigenvalue weighted by Crippen LogP contribution is 2.58. The van der Waals surface area contributed by atoms with Gasteiger partial charge in [0.1, 0.15) is 0 Å². The topological polar surface area (TPSA) is 29.5 Å². The van der Waals surface area contributed by atoms with E-state index in [0.29, 0.717) is 18.6 Å². The van der Waals surface area contributed by atoms with E-state index in [1.165, 1.54) is 11.1 Å². The van der Waals surface area contributed by atoms with Crippen molar-refractivity contribution >= 4 is 5.97 Å². The van der Waals surface area contributed by atoms with E-state index in [0.717, 1.165) is 19.3 Å². The van der Waals surface area contributed by atoms with Crippen LogP contribution in [0, 0.1) is 11.8 Å². The van der Waals surface area contributed by atoms with Gasteiger partial charge in [-0.2, -0.15) is 0 Å². The lowest BCUT2D eigenvalue weighted by molar-refractivity contribution is -0.162. The highest BCUT2D eigenvalue weighted by molar-refractivity contribution is 5.74. The molecule has 0 aromatic heterocycles. The fraction of sp³-hybridized carbons (Fsp3) is 0.550. The molecule has 2 aliphatic carbocycles. The number of ether oxygens (including phenoxy) is 1. The van der Waals surface area contributed by atoms with Gasteiger partial charge < -0.3 is 4.74 Å². The summed E-state index contributed by atoms with van der Waals surface area (Å²) in [6.07, 6.45) is 5.16. The molecule has 4 bridgehead atoms. The van der Waals surface area contributed by atoms with Gasteiger partial charge in [-0.25, -0.2) is 0 Å². The number of carbonyl (C=O) groups excluding carboxylic acids is 1. The first kappa shape index (κ1) is 14.9. The number of likely N-dealkylation sites (N-methyl/N-ethyl adjacent to an activating group) is 1. The number of nitrogens with zero attached hydrogens (tertiary/aromatic N) is 1. The molecule has 1 aromatic rings. The van der Waals surface area contributed by atoms with Gasteiger partial charge in [0.15, 0.2) is 0 Å². The minimum Gasteiger partial charge on any atom is -0.466 e. The molecule has 0 amide bonds. The molecule has 3 fully saturated rings.